The lowest BCUT2D eigenvalue weighted by atomic mass is 10.1. The Balaban J connectivity index is 2.14. The largest absolute Gasteiger partial charge is 0.434 e. The first-order chi connectivity index (χ1) is 12.0. The van der Waals surface area contributed by atoms with Gasteiger partial charge in [0, 0.05) is 18.7 Å². The fourth-order valence-electron chi connectivity index (χ4n) is 2.09. The van der Waals surface area contributed by atoms with Crippen molar-refractivity contribution in [1.82, 2.24) is 5.32 Å². The number of para-hydroxylation sites is 2. The molecule has 2 aromatic carbocycles. The molecular formula is C18H16F2N2O3. The third-order valence-electron chi connectivity index (χ3n) is 3.21. The molecule has 0 aliphatic rings. The van der Waals surface area contributed by atoms with Gasteiger partial charge in [0.1, 0.15) is 5.75 Å². The first-order valence-electron chi connectivity index (χ1n) is 7.35. The van der Waals surface area contributed by atoms with Crippen molar-refractivity contribution in [2.45, 2.75) is 6.61 Å². The maximum absolute atomic E-state index is 12.4. The fraction of sp³-hybridized carbons (Fsp3) is 0.111. The van der Waals surface area contributed by atoms with Crippen LogP contribution in [0.15, 0.2) is 54.6 Å². The molecule has 0 atom stereocenters. The Morgan fingerprint density at radius 1 is 1.08 bits per heavy atom. The molecule has 0 aromatic heterocycles. The van der Waals surface area contributed by atoms with Crippen LogP contribution in [0.1, 0.15) is 15.9 Å². The number of benzene rings is 2. The Kier molecular flexibility index (Phi) is 6.22. The summed E-state index contributed by atoms with van der Waals surface area (Å²) in [6.07, 6.45) is 2.53. The number of anilines is 1. The first kappa shape index (κ1) is 18.1. The highest BCUT2D eigenvalue weighted by molar-refractivity contribution is 6.07. The van der Waals surface area contributed by atoms with Crippen molar-refractivity contribution in [3.63, 3.8) is 0 Å². The van der Waals surface area contributed by atoms with Gasteiger partial charge in [-0.3, -0.25) is 9.59 Å². The highest BCUT2D eigenvalue weighted by atomic mass is 19.3. The van der Waals surface area contributed by atoms with E-state index in [1.807, 2.05) is 0 Å². The van der Waals surface area contributed by atoms with Crippen molar-refractivity contribution in [3.8, 4) is 5.75 Å². The van der Waals surface area contributed by atoms with Crippen LogP contribution in [0.4, 0.5) is 14.5 Å². The third kappa shape index (κ3) is 5.13. The molecule has 2 aromatic rings. The maximum atomic E-state index is 12.4. The van der Waals surface area contributed by atoms with E-state index in [-0.39, 0.29) is 11.7 Å². The summed E-state index contributed by atoms with van der Waals surface area (Å²) in [6, 6.07) is 12.6. The van der Waals surface area contributed by atoms with Crippen LogP contribution >= 0.6 is 0 Å². The minimum Gasteiger partial charge on any atom is -0.434 e. The summed E-state index contributed by atoms with van der Waals surface area (Å²) in [5.41, 5.74) is 0.985. The van der Waals surface area contributed by atoms with Crippen molar-refractivity contribution >= 4 is 23.6 Å². The van der Waals surface area contributed by atoms with Gasteiger partial charge >= 0.3 is 6.61 Å². The SMILES string of the molecule is CNC(=O)c1ccccc1NC(=O)/C=C/c1ccccc1OC(F)F. The van der Waals surface area contributed by atoms with Crippen molar-refractivity contribution < 1.29 is 23.1 Å². The molecule has 0 heterocycles. The Morgan fingerprint density at radius 3 is 2.48 bits per heavy atom. The summed E-state index contributed by atoms with van der Waals surface area (Å²) in [5.74, 6) is -0.883. The second kappa shape index (κ2) is 8.58. The predicted octanol–water partition coefficient (Wildman–Crippen LogP) is 3.30. The lowest BCUT2D eigenvalue weighted by molar-refractivity contribution is -0.111. The van der Waals surface area contributed by atoms with Crippen LogP contribution in [0.2, 0.25) is 0 Å². The van der Waals surface area contributed by atoms with Crippen molar-refractivity contribution in [2.75, 3.05) is 12.4 Å². The number of rotatable bonds is 6. The van der Waals surface area contributed by atoms with Crippen molar-refractivity contribution in [2.24, 2.45) is 0 Å². The maximum Gasteiger partial charge on any atom is 0.387 e. The molecule has 2 N–H and O–H groups in total. The zero-order valence-corrected chi connectivity index (χ0v) is 13.3. The quantitative estimate of drug-likeness (QED) is 0.789. The summed E-state index contributed by atoms with van der Waals surface area (Å²) < 4.78 is 29.1. The van der Waals surface area contributed by atoms with Crippen LogP contribution in [0, 0.1) is 0 Å². The summed E-state index contributed by atoms with van der Waals surface area (Å²) in [5, 5.41) is 5.06. The van der Waals surface area contributed by atoms with Gasteiger partial charge in [0.2, 0.25) is 5.91 Å². The van der Waals surface area contributed by atoms with Crippen LogP contribution in [-0.2, 0) is 4.79 Å². The third-order valence-corrected chi connectivity index (χ3v) is 3.21. The number of amides is 2. The molecule has 25 heavy (non-hydrogen) atoms. The zero-order valence-electron chi connectivity index (χ0n) is 13.3. The van der Waals surface area contributed by atoms with E-state index < -0.39 is 12.5 Å². The molecule has 0 saturated carbocycles. The van der Waals surface area contributed by atoms with Crippen LogP contribution in [0.5, 0.6) is 5.75 Å². The Bertz CT molecular complexity index is 791. The van der Waals surface area contributed by atoms with Gasteiger partial charge in [-0.15, -0.1) is 0 Å². The fourth-order valence-corrected chi connectivity index (χ4v) is 2.09. The Morgan fingerprint density at radius 2 is 1.76 bits per heavy atom. The van der Waals surface area contributed by atoms with Gasteiger partial charge in [-0.2, -0.15) is 8.78 Å². The lowest BCUT2D eigenvalue weighted by Crippen LogP contribution is -2.20. The van der Waals surface area contributed by atoms with Gasteiger partial charge in [0.15, 0.2) is 0 Å². The molecule has 0 radical (unpaired) electrons. The number of hydrogen-bond donors (Lipinski definition) is 2. The molecule has 0 aliphatic heterocycles. The molecule has 0 spiro atoms. The van der Waals surface area contributed by atoms with E-state index in [0.717, 1.165) is 0 Å². The van der Waals surface area contributed by atoms with E-state index in [0.29, 0.717) is 16.8 Å². The number of nitrogens with one attached hydrogen (secondary N) is 2. The average molecular weight is 346 g/mol. The van der Waals surface area contributed by atoms with Crippen LogP contribution in [-0.4, -0.2) is 25.5 Å². The second-order valence-corrected chi connectivity index (χ2v) is 4.86. The molecule has 0 aliphatic carbocycles. The molecule has 0 bridgehead atoms. The lowest BCUT2D eigenvalue weighted by Gasteiger charge is -2.09. The van der Waals surface area contributed by atoms with Crippen LogP contribution < -0.4 is 15.4 Å². The summed E-state index contributed by atoms with van der Waals surface area (Å²) in [4.78, 5) is 23.8. The molecule has 0 fully saturated rings. The molecule has 2 rings (SSSR count). The monoisotopic (exact) mass is 346 g/mol. The Labute approximate surface area is 143 Å². The standard InChI is InChI=1S/C18H16F2N2O3/c1-21-17(24)13-7-3-4-8-14(13)22-16(23)11-10-12-6-2-5-9-15(12)25-18(19)20/h2-11,18H,1H3,(H,21,24)(H,22,23)/b11-10+. The predicted molar refractivity (Wildman–Crippen MR) is 90.6 cm³/mol. The number of ether oxygens (including phenoxy) is 1. The molecule has 7 heteroatoms. The van der Waals surface area contributed by atoms with Crippen molar-refractivity contribution in [1.29, 1.82) is 0 Å². The minimum absolute atomic E-state index is 0.0349. The summed E-state index contributed by atoms with van der Waals surface area (Å²) in [7, 11) is 1.49. The summed E-state index contributed by atoms with van der Waals surface area (Å²) >= 11 is 0. The highest BCUT2D eigenvalue weighted by Gasteiger charge is 2.11. The highest BCUT2D eigenvalue weighted by Crippen LogP contribution is 2.21. The van der Waals surface area contributed by atoms with Crippen molar-refractivity contribution in [3.05, 3.63) is 65.7 Å². The number of carbonyl (C=O) groups excluding carboxylic acids is 2. The van der Waals surface area contributed by atoms with Gasteiger partial charge in [0.25, 0.3) is 5.91 Å². The molecule has 130 valence electrons. The first-order valence-corrected chi connectivity index (χ1v) is 7.35. The average Bonchev–Trinajstić information content (AvgIpc) is 2.60. The van der Waals surface area contributed by atoms with E-state index in [1.54, 1.807) is 42.5 Å². The van der Waals surface area contributed by atoms with Gasteiger partial charge in [0.05, 0.1) is 11.3 Å². The molecule has 0 unspecified atom stereocenters. The normalized spacial score (nSPS) is 10.7. The molecule has 5 nitrogen and oxygen atoms in total. The molecule has 0 saturated heterocycles. The zero-order chi connectivity index (χ0) is 18.2. The van der Waals surface area contributed by atoms with E-state index in [4.69, 9.17) is 0 Å². The van der Waals surface area contributed by atoms with E-state index in [9.17, 15) is 18.4 Å². The summed E-state index contributed by atoms with van der Waals surface area (Å²) in [6.45, 7) is -2.96. The van der Waals surface area contributed by atoms with E-state index >= 15 is 0 Å². The number of carbonyl (C=O) groups is 2. The number of alkyl halides is 2. The number of halogens is 2. The van der Waals surface area contributed by atoms with E-state index in [1.165, 1.54) is 25.3 Å². The number of hydrogen-bond acceptors (Lipinski definition) is 3. The van der Waals surface area contributed by atoms with Gasteiger partial charge in [-0.1, -0.05) is 30.3 Å². The molecular weight excluding hydrogens is 330 g/mol. The van der Waals surface area contributed by atoms with Gasteiger partial charge in [-0.05, 0) is 24.3 Å². The minimum atomic E-state index is -2.96. The Hall–Kier alpha value is -3.22. The van der Waals surface area contributed by atoms with Crippen LogP contribution in [0.3, 0.4) is 0 Å². The van der Waals surface area contributed by atoms with Gasteiger partial charge in [-0.25, -0.2) is 0 Å². The van der Waals surface area contributed by atoms with Crippen LogP contribution in [0.25, 0.3) is 6.08 Å². The van der Waals surface area contributed by atoms with E-state index in [2.05, 4.69) is 15.4 Å². The topological polar surface area (TPSA) is 67.4 Å². The smallest absolute Gasteiger partial charge is 0.387 e. The second-order valence-electron chi connectivity index (χ2n) is 4.86. The van der Waals surface area contributed by atoms with Gasteiger partial charge < -0.3 is 15.4 Å². The molecule has 2 amide bonds.